The third kappa shape index (κ3) is 3.01. The van der Waals surface area contributed by atoms with Crippen molar-refractivity contribution in [3.8, 4) is 6.07 Å². The number of likely N-dealkylation sites (tertiary alicyclic amines) is 1. The molecule has 0 radical (unpaired) electrons. The molecule has 1 saturated heterocycles. The molecule has 0 aromatic carbocycles. The molecule has 0 bridgehead atoms. The zero-order valence-electron chi connectivity index (χ0n) is 18.8. The van der Waals surface area contributed by atoms with Gasteiger partial charge in [0.1, 0.15) is 5.54 Å². The lowest BCUT2D eigenvalue weighted by Gasteiger charge is -2.61. The molecular weight excluding hydrogens is 362 g/mol. The van der Waals surface area contributed by atoms with Crippen molar-refractivity contribution in [2.45, 2.75) is 90.6 Å². The van der Waals surface area contributed by atoms with Crippen LogP contribution in [0.1, 0.15) is 79.1 Å². The fraction of sp³-hybridized carbons (Fsp3) is 0.875. The normalized spacial score (nSPS) is 44.3. The van der Waals surface area contributed by atoms with E-state index < -0.39 is 5.54 Å². The van der Waals surface area contributed by atoms with Crippen molar-refractivity contribution in [2.75, 3.05) is 7.05 Å². The Morgan fingerprint density at radius 3 is 2.48 bits per heavy atom. The van der Waals surface area contributed by atoms with Gasteiger partial charge in [-0.25, -0.2) is 0 Å². The van der Waals surface area contributed by atoms with Crippen molar-refractivity contribution in [1.29, 1.82) is 5.26 Å². The summed E-state index contributed by atoms with van der Waals surface area (Å²) in [7, 11) is 2.00. The van der Waals surface area contributed by atoms with Gasteiger partial charge in [0, 0.05) is 25.4 Å². The number of amides is 2. The number of fused-ring (bicyclic) bond motifs is 5. The maximum atomic E-state index is 13.1. The van der Waals surface area contributed by atoms with Gasteiger partial charge in [0.25, 0.3) is 0 Å². The van der Waals surface area contributed by atoms with E-state index in [0.29, 0.717) is 36.1 Å². The first-order valence-electron chi connectivity index (χ1n) is 11.5. The molecule has 4 fully saturated rings. The third-order valence-corrected chi connectivity index (χ3v) is 9.59. The molecule has 4 aliphatic rings. The number of hydrogen-bond donors (Lipinski definition) is 1. The van der Waals surface area contributed by atoms with E-state index in [1.165, 1.54) is 6.42 Å². The summed E-state index contributed by atoms with van der Waals surface area (Å²) in [6, 6.07) is 2.59. The lowest BCUT2D eigenvalue weighted by molar-refractivity contribution is -0.159. The average Bonchev–Trinajstić information content (AvgIpc) is 3.02. The molecule has 1 N–H and O–H groups in total. The molecule has 5 heteroatoms. The Labute approximate surface area is 175 Å². The van der Waals surface area contributed by atoms with Crippen molar-refractivity contribution in [3.63, 3.8) is 0 Å². The Bertz CT molecular complexity index is 756. The maximum absolute atomic E-state index is 13.1. The van der Waals surface area contributed by atoms with E-state index in [0.717, 1.165) is 38.5 Å². The minimum absolute atomic E-state index is 0.0159. The van der Waals surface area contributed by atoms with Gasteiger partial charge in [-0.05, 0) is 87.4 Å². The van der Waals surface area contributed by atoms with Gasteiger partial charge < -0.3 is 10.2 Å². The van der Waals surface area contributed by atoms with Crippen LogP contribution in [0.15, 0.2) is 0 Å². The van der Waals surface area contributed by atoms with E-state index in [1.54, 1.807) is 13.8 Å². The van der Waals surface area contributed by atoms with Gasteiger partial charge in [-0.3, -0.25) is 9.59 Å². The minimum atomic E-state index is -0.812. The van der Waals surface area contributed by atoms with E-state index in [1.807, 2.05) is 11.9 Å². The number of carbonyl (C=O) groups is 2. The van der Waals surface area contributed by atoms with Crippen LogP contribution in [0.2, 0.25) is 0 Å². The average molecular weight is 400 g/mol. The summed E-state index contributed by atoms with van der Waals surface area (Å²) in [6.07, 6.45) is 8.30. The summed E-state index contributed by atoms with van der Waals surface area (Å²) in [5.41, 5.74) is -0.556. The molecule has 2 unspecified atom stereocenters. The highest BCUT2D eigenvalue weighted by Crippen LogP contribution is 2.66. The molecule has 1 aliphatic heterocycles. The Kier molecular flexibility index (Phi) is 4.80. The second-order valence-corrected chi connectivity index (χ2v) is 11.4. The van der Waals surface area contributed by atoms with Crippen LogP contribution < -0.4 is 5.32 Å². The summed E-state index contributed by atoms with van der Waals surface area (Å²) >= 11 is 0. The lowest BCUT2D eigenvalue weighted by atomic mass is 9.47. The number of carbonyl (C=O) groups excluding carboxylic acids is 2. The highest BCUT2D eigenvalue weighted by molar-refractivity contribution is 5.81. The molecular formula is C24H37N3O2. The van der Waals surface area contributed by atoms with Crippen molar-refractivity contribution in [1.82, 2.24) is 10.2 Å². The SMILES string of the molecule is CN1C(=O)CC[C@@]2(C)C1CC[C@@H]1[C@H]2CC[C@]2(C)C(C(=O)NC(C)(C)C#N)CC[C@@H]12. The Balaban J connectivity index is 1.56. The van der Waals surface area contributed by atoms with E-state index in [-0.39, 0.29) is 22.7 Å². The van der Waals surface area contributed by atoms with Gasteiger partial charge in [-0.1, -0.05) is 13.8 Å². The quantitative estimate of drug-likeness (QED) is 0.766. The van der Waals surface area contributed by atoms with Gasteiger partial charge in [0.05, 0.1) is 6.07 Å². The molecule has 7 atom stereocenters. The number of nitrogens with zero attached hydrogens (tertiary/aromatic N) is 2. The molecule has 0 aromatic heterocycles. The highest BCUT2D eigenvalue weighted by atomic mass is 16.2. The van der Waals surface area contributed by atoms with Crippen LogP contribution in [0.3, 0.4) is 0 Å². The molecule has 3 saturated carbocycles. The Morgan fingerprint density at radius 2 is 1.79 bits per heavy atom. The number of hydrogen-bond acceptors (Lipinski definition) is 3. The molecule has 160 valence electrons. The second-order valence-electron chi connectivity index (χ2n) is 11.4. The van der Waals surface area contributed by atoms with Gasteiger partial charge in [-0.2, -0.15) is 5.26 Å². The van der Waals surface area contributed by atoms with Crippen LogP contribution in [0.25, 0.3) is 0 Å². The predicted octanol–water partition coefficient (Wildman–Crippen LogP) is 3.88. The minimum Gasteiger partial charge on any atom is -0.342 e. The van der Waals surface area contributed by atoms with E-state index >= 15 is 0 Å². The van der Waals surface area contributed by atoms with Crippen LogP contribution in [-0.2, 0) is 9.59 Å². The summed E-state index contributed by atoms with van der Waals surface area (Å²) in [5, 5.41) is 12.3. The predicted molar refractivity (Wildman–Crippen MR) is 112 cm³/mol. The topological polar surface area (TPSA) is 73.2 Å². The smallest absolute Gasteiger partial charge is 0.224 e. The highest BCUT2D eigenvalue weighted by Gasteiger charge is 2.62. The fourth-order valence-electron chi connectivity index (χ4n) is 8.00. The van der Waals surface area contributed by atoms with Crippen LogP contribution >= 0.6 is 0 Å². The fourth-order valence-corrected chi connectivity index (χ4v) is 8.00. The second kappa shape index (κ2) is 6.72. The van der Waals surface area contributed by atoms with Crippen LogP contribution in [0.5, 0.6) is 0 Å². The molecule has 1 heterocycles. The first-order chi connectivity index (χ1) is 13.5. The first kappa shape index (κ1) is 20.7. The van der Waals surface area contributed by atoms with Gasteiger partial charge in [0.2, 0.25) is 11.8 Å². The lowest BCUT2D eigenvalue weighted by Crippen LogP contribution is -2.61. The van der Waals surface area contributed by atoms with Gasteiger partial charge >= 0.3 is 0 Å². The molecule has 4 rings (SSSR count). The van der Waals surface area contributed by atoms with Crippen molar-refractivity contribution < 1.29 is 9.59 Å². The molecule has 0 aromatic rings. The maximum Gasteiger partial charge on any atom is 0.224 e. The number of nitriles is 1. The van der Waals surface area contributed by atoms with Crippen LogP contribution in [0.4, 0.5) is 0 Å². The molecule has 0 spiro atoms. The van der Waals surface area contributed by atoms with E-state index in [2.05, 4.69) is 25.2 Å². The summed E-state index contributed by atoms with van der Waals surface area (Å²) in [4.78, 5) is 27.4. The van der Waals surface area contributed by atoms with Crippen LogP contribution in [0, 0.1) is 45.8 Å². The number of rotatable bonds is 2. The summed E-state index contributed by atoms with van der Waals surface area (Å²) in [6.45, 7) is 8.34. The van der Waals surface area contributed by atoms with Gasteiger partial charge in [0.15, 0.2) is 0 Å². The molecule has 2 amide bonds. The van der Waals surface area contributed by atoms with Crippen molar-refractivity contribution in [3.05, 3.63) is 0 Å². The monoisotopic (exact) mass is 399 g/mol. The van der Waals surface area contributed by atoms with Gasteiger partial charge in [-0.15, -0.1) is 0 Å². The number of nitrogens with one attached hydrogen (secondary N) is 1. The van der Waals surface area contributed by atoms with Crippen molar-refractivity contribution >= 4 is 11.8 Å². The zero-order valence-corrected chi connectivity index (χ0v) is 18.8. The standard InChI is InChI=1S/C24H37N3O2/c1-22(2,14-25)26-21(29)18-8-7-16-15-6-9-19-24(4,13-11-20(28)27(19)5)17(15)10-12-23(16,18)3/h15-19H,6-13H2,1-5H3,(H,26,29)/t15-,16-,17+,18?,19?,23-,24+/m0/s1. The van der Waals surface area contributed by atoms with Crippen molar-refractivity contribution in [2.24, 2.45) is 34.5 Å². The number of piperidine rings is 1. The summed E-state index contributed by atoms with van der Waals surface area (Å²) < 4.78 is 0. The van der Waals surface area contributed by atoms with E-state index in [9.17, 15) is 14.9 Å². The largest absolute Gasteiger partial charge is 0.342 e. The zero-order chi connectivity index (χ0) is 21.2. The summed E-state index contributed by atoms with van der Waals surface area (Å²) in [5.74, 6) is 2.31. The molecule has 5 nitrogen and oxygen atoms in total. The molecule has 29 heavy (non-hydrogen) atoms. The molecule has 3 aliphatic carbocycles. The third-order valence-electron chi connectivity index (χ3n) is 9.59. The van der Waals surface area contributed by atoms with E-state index in [4.69, 9.17) is 0 Å². The Hall–Kier alpha value is -1.57. The first-order valence-corrected chi connectivity index (χ1v) is 11.5. The van der Waals surface area contributed by atoms with Crippen LogP contribution in [-0.4, -0.2) is 35.3 Å². The Morgan fingerprint density at radius 1 is 1.10 bits per heavy atom.